The van der Waals surface area contributed by atoms with Gasteiger partial charge in [-0.3, -0.25) is 14.6 Å². The average Bonchev–Trinajstić information content (AvgIpc) is 3.40. The maximum atomic E-state index is 14.0. The van der Waals surface area contributed by atoms with Gasteiger partial charge in [0.1, 0.15) is 9.88 Å². The van der Waals surface area contributed by atoms with Crippen LogP contribution in [0.25, 0.3) is 21.3 Å². The SMILES string of the molecule is Cc1nc(-c2ccc(C(F)(F)F)cc2)sc1C(=O)N1C[C@@H](C)N(C(=O)Cc2ccc3ccccc3c2)CC1CCCN=C(N)N. The monoisotopic (exact) mass is 636 g/mol. The van der Waals surface area contributed by atoms with Gasteiger partial charge < -0.3 is 21.3 Å². The van der Waals surface area contributed by atoms with Gasteiger partial charge in [0, 0.05) is 37.3 Å². The summed E-state index contributed by atoms with van der Waals surface area (Å²) >= 11 is 1.15. The lowest BCUT2D eigenvalue weighted by Crippen LogP contribution is -2.60. The third-order valence-corrected chi connectivity index (χ3v) is 9.23. The molecular weight excluding hydrogens is 601 g/mol. The lowest BCUT2D eigenvalue weighted by molar-refractivity contribution is -0.137. The first-order valence-corrected chi connectivity index (χ1v) is 15.5. The number of fused-ring (bicyclic) bond motifs is 1. The summed E-state index contributed by atoms with van der Waals surface area (Å²) in [4.78, 5) is 40.3. The highest BCUT2D eigenvalue weighted by molar-refractivity contribution is 7.17. The molecule has 0 saturated carbocycles. The molecule has 2 atom stereocenters. The van der Waals surface area contributed by atoms with Gasteiger partial charge in [-0.1, -0.05) is 54.6 Å². The standard InChI is InChI=1S/C33H35F3N6O2S/c1-20-18-42(31(44)29-21(2)40-30(45-29)24-11-13-26(14-12-24)33(34,35)36)27(8-5-15-39-32(37)38)19-41(20)28(43)17-22-9-10-23-6-3-4-7-25(23)16-22/h3-4,6-7,9-14,16,20,27H,5,8,15,17-19H2,1-2H3,(H4,37,38,39)/t20-,27?/m1/s1. The number of hydrogen-bond acceptors (Lipinski definition) is 5. The topological polar surface area (TPSA) is 118 Å². The van der Waals surface area contributed by atoms with Gasteiger partial charge >= 0.3 is 6.18 Å². The van der Waals surface area contributed by atoms with Crippen LogP contribution in [-0.4, -0.2) is 64.3 Å². The molecule has 1 aliphatic rings. The number of thiazole rings is 1. The molecule has 0 spiro atoms. The molecule has 1 saturated heterocycles. The van der Waals surface area contributed by atoms with Crippen molar-refractivity contribution in [3.05, 3.63) is 88.4 Å². The predicted octanol–water partition coefficient (Wildman–Crippen LogP) is 5.63. The van der Waals surface area contributed by atoms with E-state index < -0.39 is 11.7 Å². The van der Waals surface area contributed by atoms with Gasteiger partial charge in [-0.15, -0.1) is 11.3 Å². The summed E-state index contributed by atoms with van der Waals surface area (Å²) in [7, 11) is 0. The number of aromatic nitrogens is 1. The van der Waals surface area contributed by atoms with Crippen LogP contribution in [0.5, 0.6) is 0 Å². The summed E-state index contributed by atoms with van der Waals surface area (Å²) < 4.78 is 39.2. The highest BCUT2D eigenvalue weighted by Gasteiger charge is 2.38. The lowest BCUT2D eigenvalue weighted by atomic mass is 10.00. The second-order valence-corrected chi connectivity index (χ2v) is 12.3. The molecule has 1 aromatic heterocycles. The smallest absolute Gasteiger partial charge is 0.370 e. The Bertz CT molecular complexity index is 1720. The number of benzene rings is 3. The Labute approximate surface area is 263 Å². The largest absolute Gasteiger partial charge is 0.416 e. The quantitative estimate of drug-likeness (QED) is 0.148. The van der Waals surface area contributed by atoms with Crippen molar-refractivity contribution in [2.24, 2.45) is 16.5 Å². The normalized spacial score (nSPS) is 17.0. The number of hydrogen-bond donors (Lipinski definition) is 2. The molecule has 1 unspecified atom stereocenters. The fourth-order valence-electron chi connectivity index (χ4n) is 5.69. The molecule has 0 aliphatic carbocycles. The molecule has 1 aliphatic heterocycles. The van der Waals surface area contributed by atoms with E-state index in [-0.39, 0.29) is 36.3 Å². The molecule has 3 aromatic carbocycles. The zero-order chi connectivity index (χ0) is 32.3. The van der Waals surface area contributed by atoms with Crippen LogP contribution in [0.15, 0.2) is 71.7 Å². The van der Waals surface area contributed by atoms with E-state index in [0.29, 0.717) is 53.6 Å². The first kappa shape index (κ1) is 32.0. The number of alkyl halides is 3. The molecule has 4 aromatic rings. The van der Waals surface area contributed by atoms with E-state index >= 15 is 0 Å². The van der Waals surface area contributed by atoms with Crippen LogP contribution in [0.4, 0.5) is 13.2 Å². The van der Waals surface area contributed by atoms with Crippen LogP contribution in [0, 0.1) is 6.92 Å². The van der Waals surface area contributed by atoms with Gasteiger partial charge in [0.2, 0.25) is 5.91 Å². The molecule has 5 rings (SSSR count). The molecule has 12 heteroatoms. The van der Waals surface area contributed by atoms with Gasteiger partial charge in [-0.05, 0) is 55.2 Å². The number of carbonyl (C=O) groups is 2. The van der Waals surface area contributed by atoms with Crippen LogP contribution in [0.1, 0.15) is 46.3 Å². The second-order valence-electron chi connectivity index (χ2n) is 11.3. The zero-order valence-corrected chi connectivity index (χ0v) is 25.9. The minimum atomic E-state index is -4.44. The molecule has 8 nitrogen and oxygen atoms in total. The van der Waals surface area contributed by atoms with Crippen LogP contribution in [0.2, 0.25) is 0 Å². The number of rotatable bonds is 8. The van der Waals surface area contributed by atoms with Crippen molar-refractivity contribution in [1.29, 1.82) is 0 Å². The van der Waals surface area contributed by atoms with Crippen LogP contribution in [0.3, 0.4) is 0 Å². The van der Waals surface area contributed by atoms with Crippen molar-refractivity contribution in [2.75, 3.05) is 19.6 Å². The van der Waals surface area contributed by atoms with E-state index in [2.05, 4.69) is 9.98 Å². The number of guanidine groups is 1. The summed E-state index contributed by atoms with van der Waals surface area (Å²) in [6, 6.07) is 18.2. The van der Waals surface area contributed by atoms with Crippen molar-refractivity contribution < 1.29 is 22.8 Å². The van der Waals surface area contributed by atoms with Crippen LogP contribution >= 0.6 is 11.3 Å². The van der Waals surface area contributed by atoms with E-state index in [0.717, 1.165) is 39.8 Å². The third-order valence-electron chi connectivity index (χ3n) is 8.03. The van der Waals surface area contributed by atoms with Crippen molar-refractivity contribution in [1.82, 2.24) is 14.8 Å². The van der Waals surface area contributed by atoms with Crippen LogP contribution in [-0.2, 0) is 17.4 Å². The Hall–Kier alpha value is -4.45. The fourth-order valence-corrected chi connectivity index (χ4v) is 6.72. The van der Waals surface area contributed by atoms with Crippen molar-refractivity contribution in [3.63, 3.8) is 0 Å². The van der Waals surface area contributed by atoms with Crippen molar-refractivity contribution >= 4 is 39.9 Å². The summed E-state index contributed by atoms with van der Waals surface area (Å²) in [6.45, 7) is 4.71. The molecule has 0 radical (unpaired) electrons. The molecule has 0 bridgehead atoms. The average molecular weight is 637 g/mol. The molecule has 1 fully saturated rings. The highest BCUT2D eigenvalue weighted by atomic mass is 32.1. The van der Waals surface area contributed by atoms with Gasteiger partial charge in [0.15, 0.2) is 5.96 Å². The van der Waals surface area contributed by atoms with E-state index in [9.17, 15) is 22.8 Å². The number of nitrogens with two attached hydrogens (primary N) is 2. The Morgan fingerprint density at radius 1 is 1.00 bits per heavy atom. The van der Waals surface area contributed by atoms with E-state index in [4.69, 9.17) is 11.5 Å². The third kappa shape index (κ3) is 7.44. The molecule has 2 heterocycles. The van der Waals surface area contributed by atoms with Gasteiger partial charge in [0.25, 0.3) is 5.91 Å². The first-order valence-electron chi connectivity index (χ1n) is 14.7. The summed E-state index contributed by atoms with van der Waals surface area (Å²) in [5, 5.41) is 2.64. The Balaban J connectivity index is 1.35. The number of aryl methyl sites for hydroxylation is 1. The lowest BCUT2D eigenvalue weighted by Gasteiger charge is -2.45. The number of halogens is 3. The van der Waals surface area contributed by atoms with Gasteiger partial charge in [-0.2, -0.15) is 13.2 Å². The molecule has 2 amide bonds. The van der Waals surface area contributed by atoms with Crippen molar-refractivity contribution in [3.8, 4) is 10.6 Å². The summed E-state index contributed by atoms with van der Waals surface area (Å²) in [6.07, 6.45) is -3.02. The van der Waals surface area contributed by atoms with Gasteiger partial charge in [0.05, 0.1) is 17.7 Å². The minimum Gasteiger partial charge on any atom is -0.370 e. The number of nitrogens with zero attached hydrogens (tertiary/aromatic N) is 4. The van der Waals surface area contributed by atoms with E-state index in [1.807, 2.05) is 54.3 Å². The van der Waals surface area contributed by atoms with Crippen molar-refractivity contribution in [2.45, 2.75) is 51.4 Å². The number of piperazine rings is 1. The summed E-state index contributed by atoms with van der Waals surface area (Å²) in [5.41, 5.74) is 12.2. The molecule has 4 N–H and O–H groups in total. The highest BCUT2D eigenvalue weighted by Crippen LogP contribution is 2.34. The zero-order valence-electron chi connectivity index (χ0n) is 25.1. The Kier molecular flexibility index (Phi) is 9.42. The number of carbonyl (C=O) groups excluding carboxylic acids is 2. The second kappa shape index (κ2) is 13.3. The fraction of sp³-hybridized carbons (Fsp3) is 0.333. The number of aliphatic imine (C=N–C) groups is 1. The first-order chi connectivity index (χ1) is 21.4. The van der Waals surface area contributed by atoms with E-state index in [1.54, 1.807) is 11.8 Å². The molecule has 45 heavy (non-hydrogen) atoms. The number of amides is 2. The Morgan fingerprint density at radius 3 is 2.40 bits per heavy atom. The minimum absolute atomic E-state index is 0.0107. The molecular formula is C33H35F3N6O2S. The maximum absolute atomic E-state index is 14.0. The Morgan fingerprint density at radius 2 is 1.71 bits per heavy atom. The predicted molar refractivity (Wildman–Crippen MR) is 171 cm³/mol. The molecule has 236 valence electrons. The summed E-state index contributed by atoms with van der Waals surface area (Å²) in [5.74, 6) is -0.246. The van der Waals surface area contributed by atoms with Crippen LogP contribution < -0.4 is 11.5 Å². The van der Waals surface area contributed by atoms with Gasteiger partial charge in [-0.25, -0.2) is 4.98 Å². The maximum Gasteiger partial charge on any atom is 0.416 e. The van der Waals surface area contributed by atoms with E-state index in [1.165, 1.54) is 12.1 Å².